The summed E-state index contributed by atoms with van der Waals surface area (Å²) >= 11 is 0. The highest BCUT2D eigenvalue weighted by Crippen LogP contribution is 2.37. The quantitative estimate of drug-likeness (QED) is 0.811. The Balaban J connectivity index is 3.45. The zero-order chi connectivity index (χ0) is 12.3. The van der Waals surface area contributed by atoms with Crippen molar-refractivity contribution < 1.29 is 14.6 Å². The van der Waals surface area contributed by atoms with Gasteiger partial charge in [-0.1, -0.05) is 0 Å². The molecule has 0 aliphatic rings. The number of benzene rings is 1. The summed E-state index contributed by atoms with van der Waals surface area (Å²) in [6, 6.07) is 1.89. The molecule has 0 radical (unpaired) electrons. The number of rotatable bonds is 4. The molecule has 0 aromatic heterocycles. The van der Waals surface area contributed by atoms with Gasteiger partial charge in [0.25, 0.3) is 0 Å². The molecular formula is C12H19NO3. The van der Waals surface area contributed by atoms with Gasteiger partial charge in [-0.3, -0.25) is 0 Å². The molecule has 4 nitrogen and oxygen atoms in total. The molecule has 1 aromatic carbocycles. The van der Waals surface area contributed by atoms with Crippen LogP contribution in [-0.2, 0) is 0 Å². The molecule has 90 valence electrons. The molecule has 0 aliphatic carbocycles. The van der Waals surface area contributed by atoms with Gasteiger partial charge in [-0.15, -0.1) is 0 Å². The first-order valence-corrected chi connectivity index (χ1v) is 5.17. The lowest BCUT2D eigenvalue weighted by Crippen LogP contribution is -2.15. The van der Waals surface area contributed by atoms with Crippen LogP contribution in [0.3, 0.4) is 0 Å². The number of aryl methyl sites for hydroxylation is 1. The maximum Gasteiger partial charge on any atom is 0.128 e. The summed E-state index contributed by atoms with van der Waals surface area (Å²) in [7, 11) is 3.19. The van der Waals surface area contributed by atoms with Gasteiger partial charge in [0.05, 0.1) is 20.3 Å². The van der Waals surface area contributed by atoms with E-state index >= 15 is 0 Å². The topological polar surface area (TPSA) is 64.7 Å². The molecule has 0 heterocycles. The SMILES string of the molecule is COc1cc(C)c(OC)c(C(O)CN)c1C. The van der Waals surface area contributed by atoms with E-state index in [4.69, 9.17) is 15.2 Å². The second-order valence-electron chi connectivity index (χ2n) is 3.72. The zero-order valence-corrected chi connectivity index (χ0v) is 10.2. The number of hydrogen-bond acceptors (Lipinski definition) is 4. The van der Waals surface area contributed by atoms with E-state index in [0.29, 0.717) is 11.3 Å². The van der Waals surface area contributed by atoms with Crippen molar-refractivity contribution in [2.45, 2.75) is 20.0 Å². The van der Waals surface area contributed by atoms with Crippen molar-refractivity contribution in [3.63, 3.8) is 0 Å². The Bertz CT molecular complexity index is 377. The number of nitrogens with two attached hydrogens (primary N) is 1. The lowest BCUT2D eigenvalue weighted by atomic mass is 9.98. The summed E-state index contributed by atoms with van der Waals surface area (Å²) in [6.45, 7) is 3.95. The van der Waals surface area contributed by atoms with Gasteiger partial charge < -0.3 is 20.3 Å². The third kappa shape index (κ3) is 2.13. The van der Waals surface area contributed by atoms with Gasteiger partial charge >= 0.3 is 0 Å². The molecule has 3 N–H and O–H groups in total. The Morgan fingerprint density at radius 3 is 2.38 bits per heavy atom. The minimum atomic E-state index is -0.733. The van der Waals surface area contributed by atoms with Gasteiger partial charge in [-0.25, -0.2) is 0 Å². The third-order valence-corrected chi connectivity index (χ3v) is 2.70. The average molecular weight is 225 g/mol. The van der Waals surface area contributed by atoms with Crippen molar-refractivity contribution in [3.8, 4) is 11.5 Å². The number of methoxy groups -OCH3 is 2. The minimum Gasteiger partial charge on any atom is -0.496 e. The fraction of sp³-hybridized carbons (Fsp3) is 0.500. The highest BCUT2D eigenvalue weighted by molar-refractivity contribution is 5.53. The van der Waals surface area contributed by atoms with Gasteiger partial charge in [0.2, 0.25) is 0 Å². The smallest absolute Gasteiger partial charge is 0.128 e. The Labute approximate surface area is 96.0 Å². The summed E-state index contributed by atoms with van der Waals surface area (Å²) in [4.78, 5) is 0. The summed E-state index contributed by atoms with van der Waals surface area (Å²) in [5.74, 6) is 1.41. The van der Waals surface area contributed by atoms with Gasteiger partial charge in [0.15, 0.2) is 0 Å². The van der Waals surface area contributed by atoms with Crippen molar-refractivity contribution in [2.75, 3.05) is 20.8 Å². The van der Waals surface area contributed by atoms with Crippen molar-refractivity contribution in [1.82, 2.24) is 0 Å². The molecule has 1 aromatic rings. The Morgan fingerprint density at radius 1 is 1.31 bits per heavy atom. The first-order valence-electron chi connectivity index (χ1n) is 5.17. The lowest BCUT2D eigenvalue weighted by Gasteiger charge is -2.20. The standard InChI is InChI=1S/C12H19NO3/c1-7-5-10(15-3)8(2)11(9(14)6-13)12(7)16-4/h5,9,14H,6,13H2,1-4H3. The Hall–Kier alpha value is -1.26. The molecule has 1 unspecified atom stereocenters. The average Bonchev–Trinajstić information content (AvgIpc) is 2.29. The van der Waals surface area contributed by atoms with E-state index in [9.17, 15) is 5.11 Å². The van der Waals surface area contributed by atoms with E-state index in [0.717, 1.165) is 16.9 Å². The van der Waals surface area contributed by atoms with Crippen LogP contribution in [0.5, 0.6) is 11.5 Å². The molecule has 0 saturated carbocycles. The van der Waals surface area contributed by atoms with E-state index in [2.05, 4.69) is 0 Å². The first kappa shape index (κ1) is 12.8. The van der Waals surface area contributed by atoms with E-state index in [1.165, 1.54) is 0 Å². The van der Waals surface area contributed by atoms with Gasteiger partial charge in [0.1, 0.15) is 11.5 Å². The zero-order valence-electron chi connectivity index (χ0n) is 10.2. The van der Waals surface area contributed by atoms with E-state index in [-0.39, 0.29) is 6.54 Å². The molecule has 0 fully saturated rings. The van der Waals surface area contributed by atoms with E-state index in [1.54, 1.807) is 14.2 Å². The van der Waals surface area contributed by atoms with Crippen molar-refractivity contribution in [2.24, 2.45) is 5.73 Å². The largest absolute Gasteiger partial charge is 0.496 e. The molecule has 0 amide bonds. The number of ether oxygens (including phenoxy) is 2. The fourth-order valence-electron chi connectivity index (χ4n) is 1.89. The number of hydrogen-bond donors (Lipinski definition) is 2. The maximum absolute atomic E-state index is 9.91. The van der Waals surface area contributed by atoms with Crippen LogP contribution in [-0.4, -0.2) is 25.9 Å². The summed E-state index contributed by atoms with van der Waals surface area (Å²) < 4.78 is 10.6. The highest BCUT2D eigenvalue weighted by atomic mass is 16.5. The van der Waals surface area contributed by atoms with Crippen LogP contribution < -0.4 is 15.2 Å². The predicted octanol–water partition coefficient (Wildman–Crippen LogP) is 1.31. The van der Waals surface area contributed by atoms with Crippen LogP contribution in [0.1, 0.15) is 22.8 Å². The van der Waals surface area contributed by atoms with Crippen molar-refractivity contribution in [1.29, 1.82) is 0 Å². The molecular weight excluding hydrogens is 206 g/mol. The van der Waals surface area contributed by atoms with Crippen LogP contribution in [0.4, 0.5) is 0 Å². The maximum atomic E-state index is 9.91. The van der Waals surface area contributed by atoms with Crippen LogP contribution in [0, 0.1) is 13.8 Å². The third-order valence-electron chi connectivity index (χ3n) is 2.70. The van der Waals surface area contributed by atoms with Crippen molar-refractivity contribution in [3.05, 3.63) is 22.8 Å². The normalized spacial score (nSPS) is 12.4. The molecule has 4 heteroatoms. The second kappa shape index (κ2) is 5.18. The Morgan fingerprint density at radius 2 is 1.94 bits per heavy atom. The molecule has 0 bridgehead atoms. The summed E-state index contributed by atoms with van der Waals surface area (Å²) in [5, 5.41) is 9.91. The predicted molar refractivity (Wildman–Crippen MR) is 63.0 cm³/mol. The van der Waals surface area contributed by atoms with Crippen LogP contribution in [0.15, 0.2) is 6.07 Å². The monoisotopic (exact) mass is 225 g/mol. The van der Waals surface area contributed by atoms with Gasteiger partial charge in [-0.05, 0) is 25.5 Å². The van der Waals surface area contributed by atoms with Crippen LogP contribution >= 0.6 is 0 Å². The van der Waals surface area contributed by atoms with Gasteiger partial charge in [0, 0.05) is 17.7 Å². The van der Waals surface area contributed by atoms with Crippen LogP contribution in [0.25, 0.3) is 0 Å². The first-order chi connectivity index (χ1) is 7.56. The molecule has 0 spiro atoms. The number of aliphatic hydroxyl groups is 1. The Kier molecular flexibility index (Phi) is 4.15. The van der Waals surface area contributed by atoms with E-state index in [1.807, 2.05) is 19.9 Å². The van der Waals surface area contributed by atoms with Gasteiger partial charge in [-0.2, -0.15) is 0 Å². The van der Waals surface area contributed by atoms with E-state index < -0.39 is 6.10 Å². The molecule has 1 rings (SSSR count). The molecule has 0 saturated heterocycles. The van der Waals surface area contributed by atoms with Crippen LogP contribution in [0.2, 0.25) is 0 Å². The second-order valence-corrected chi connectivity index (χ2v) is 3.72. The number of aliphatic hydroxyl groups excluding tert-OH is 1. The summed E-state index contributed by atoms with van der Waals surface area (Å²) in [5.41, 5.74) is 7.99. The summed E-state index contributed by atoms with van der Waals surface area (Å²) in [6.07, 6.45) is -0.733. The fourth-order valence-corrected chi connectivity index (χ4v) is 1.89. The lowest BCUT2D eigenvalue weighted by molar-refractivity contribution is 0.180. The highest BCUT2D eigenvalue weighted by Gasteiger charge is 2.20. The minimum absolute atomic E-state index is 0.157. The van der Waals surface area contributed by atoms with Crippen molar-refractivity contribution >= 4 is 0 Å². The molecule has 16 heavy (non-hydrogen) atoms. The molecule has 0 aliphatic heterocycles. The molecule has 1 atom stereocenters.